The highest BCUT2D eigenvalue weighted by atomic mass is 16.3. The maximum Gasteiger partial charge on any atom is 0.120 e. The van der Waals surface area contributed by atoms with Crippen molar-refractivity contribution in [3.05, 3.63) is 24.2 Å². The van der Waals surface area contributed by atoms with Crippen LogP contribution in [0.15, 0.2) is 22.8 Å². The van der Waals surface area contributed by atoms with Gasteiger partial charge in [0.15, 0.2) is 0 Å². The van der Waals surface area contributed by atoms with Crippen LogP contribution in [-0.4, -0.2) is 30.1 Å². The Balaban J connectivity index is 1.83. The van der Waals surface area contributed by atoms with E-state index in [2.05, 4.69) is 31.0 Å². The Morgan fingerprint density at radius 1 is 1.44 bits per heavy atom. The predicted molar refractivity (Wildman–Crippen MR) is 65.4 cm³/mol. The lowest BCUT2D eigenvalue weighted by atomic mass is 10.2. The Morgan fingerprint density at radius 2 is 2.25 bits per heavy atom. The molecule has 1 aliphatic rings. The van der Waals surface area contributed by atoms with E-state index in [9.17, 15) is 0 Å². The molecule has 2 atom stereocenters. The lowest BCUT2D eigenvalue weighted by Crippen LogP contribution is -2.36. The maximum atomic E-state index is 5.40. The van der Waals surface area contributed by atoms with Crippen LogP contribution in [0.25, 0.3) is 0 Å². The van der Waals surface area contributed by atoms with Gasteiger partial charge in [0.1, 0.15) is 5.76 Å². The molecule has 3 nitrogen and oxygen atoms in total. The predicted octanol–water partition coefficient (Wildman–Crippen LogP) is 2.41. The topological polar surface area (TPSA) is 28.4 Å². The fraction of sp³-hybridized carbons (Fsp3) is 0.692. The average molecular weight is 222 g/mol. The van der Waals surface area contributed by atoms with E-state index in [1.807, 2.05) is 12.1 Å². The van der Waals surface area contributed by atoms with Crippen LogP contribution in [0.4, 0.5) is 0 Å². The van der Waals surface area contributed by atoms with Gasteiger partial charge in [-0.05, 0) is 45.9 Å². The first-order chi connectivity index (χ1) is 7.66. The largest absolute Gasteiger partial charge is 0.468 e. The van der Waals surface area contributed by atoms with Crippen LogP contribution in [0.2, 0.25) is 0 Å². The number of likely N-dealkylation sites (tertiary alicyclic amines) is 1. The lowest BCUT2D eigenvalue weighted by molar-refractivity contribution is 0.264. The molecule has 90 valence electrons. The molecule has 1 aromatic rings. The lowest BCUT2D eigenvalue weighted by Gasteiger charge is -2.22. The van der Waals surface area contributed by atoms with Crippen molar-refractivity contribution < 1.29 is 4.42 Å². The molecule has 0 bridgehead atoms. The maximum absolute atomic E-state index is 5.40. The zero-order chi connectivity index (χ0) is 11.5. The minimum atomic E-state index is 0.312. The van der Waals surface area contributed by atoms with E-state index in [1.165, 1.54) is 13.0 Å². The van der Waals surface area contributed by atoms with Crippen molar-refractivity contribution in [1.29, 1.82) is 0 Å². The number of rotatable bonds is 4. The van der Waals surface area contributed by atoms with Gasteiger partial charge >= 0.3 is 0 Å². The number of furan rings is 1. The molecule has 0 aliphatic carbocycles. The van der Waals surface area contributed by atoms with Crippen LogP contribution in [-0.2, 0) is 0 Å². The standard InChI is InChI=1S/C13H22N2O/c1-10(2)15-7-6-12(9-15)14-11(3)13-5-4-8-16-13/h4-5,8,10-12,14H,6-7,9H2,1-3H3. The minimum Gasteiger partial charge on any atom is -0.468 e. The number of hydrogen-bond acceptors (Lipinski definition) is 3. The highest BCUT2D eigenvalue weighted by Gasteiger charge is 2.25. The fourth-order valence-electron chi connectivity index (χ4n) is 2.37. The van der Waals surface area contributed by atoms with Gasteiger partial charge in [0.05, 0.1) is 12.3 Å². The molecule has 0 saturated carbocycles. The second-order valence-corrected chi connectivity index (χ2v) is 4.98. The van der Waals surface area contributed by atoms with Crippen molar-refractivity contribution in [3.63, 3.8) is 0 Å². The van der Waals surface area contributed by atoms with Crippen molar-refractivity contribution in [2.45, 2.75) is 45.3 Å². The zero-order valence-electron chi connectivity index (χ0n) is 10.4. The Hall–Kier alpha value is -0.800. The third-order valence-electron chi connectivity index (χ3n) is 3.41. The third-order valence-corrected chi connectivity index (χ3v) is 3.41. The number of nitrogens with zero attached hydrogens (tertiary/aromatic N) is 1. The number of nitrogens with one attached hydrogen (secondary N) is 1. The minimum absolute atomic E-state index is 0.312. The van der Waals surface area contributed by atoms with Crippen molar-refractivity contribution >= 4 is 0 Å². The number of hydrogen-bond donors (Lipinski definition) is 1. The van der Waals surface area contributed by atoms with E-state index in [0.29, 0.717) is 18.1 Å². The van der Waals surface area contributed by atoms with Crippen molar-refractivity contribution in [2.24, 2.45) is 0 Å². The molecular formula is C13H22N2O. The van der Waals surface area contributed by atoms with Crippen molar-refractivity contribution in [1.82, 2.24) is 10.2 Å². The van der Waals surface area contributed by atoms with Crippen LogP contribution in [0.5, 0.6) is 0 Å². The van der Waals surface area contributed by atoms with Gasteiger partial charge in [-0.3, -0.25) is 4.90 Å². The van der Waals surface area contributed by atoms with Gasteiger partial charge in [0, 0.05) is 18.6 Å². The Labute approximate surface area is 97.8 Å². The monoisotopic (exact) mass is 222 g/mol. The second kappa shape index (κ2) is 5.02. The molecule has 3 heteroatoms. The van der Waals surface area contributed by atoms with Gasteiger partial charge in [-0.1, -0.05) is 0 Å². The molecule has 1 fully saturated rings. The summed E-state index contributed by atoms with van der Waals surface area (Å²) >= 11 is 0. The SMILES string of the molecule is CC(NC1CCN(C(C)C)C1)c1ccco1. The van der Waals surface area contributed by atoms with Crippen LogP contribution in [0.1, 0.15) is 39.0 Å². The van der Waals surface area contributed by atoms with Crippen LogP contribution >= 0.6 is 0 Å². The molecule has 16 heavy (non-hydrogen) atoms. The highest BCUT2D eigenvalue weighted by molar-refractivity contribution is 5.04. The van der Waals surface area contributed by atoms with Crippen LogP contribution < -0.4 is 5.32 Å². The first-order valence-corrected chi connectivity index (χ1v) is 6.20. The van der Waals surface area contributed by atoms with Gasteiger partial charge in [0.25, 0.3) is 0 Å². The molecule has 0 aromatic carbocycles. The van der Waals surface area contributed by atoms with Gasteiger partial charge < -0.3 is 9.73 Å². The van der Waals surface area contributed by atoms with E-state index < -0.39 is 0 Å². The van der Waals surface area contributed by atoms with E-state index in [-0.39, 0.29) is 0 Å². The van der Waals surface area contributed by atoms with E-state index in [0.717, 1.165) is 12.3 Å². The molecule has 1 saturated heterocycles. The Morgan fingerprint density at radius 3 is 2.81 bits per heavy atom. The van der Waals surface area contributed by atoms with E-state index >= 15 is 0 Å². The summed E-state index contributed by atoms with van der Waals surface area (Å²) in [5.41, 5.74) is 0. The summed E-state index contributed by atoms with van der Waals surface area (Å²) in [4.78, 5) is 2.52. The molecule has 1 aromatic heterocycles. The second-order valence-electron chi connectivity index (χ2n) is 4.98. The molecule has 2 rings (SSSR count). The molecule has 1 aliphatic heterocycles. The summed E-state index contributed by atoms with van der Waals surface area (Å²) in [6, 6.07) is 5.55. The van der Waals surface area contributed by atoms with Gasteiger partial charge in [-0.2, -0.15) is 0 Å². The molecule has 2 unspecified atom stereocenters. The Bertz CT molecular complexity index is 308. The van der Waals surface area contributed by atoms with E-state index in [4.69, 9.17) is 4.42 Å². The fourth-order valence-corrected chi connectivity index (χ4v) is 2.37. The average Bonchev–Trinajstić information content (AvgIpc) is 2.87. The first-order valence-electron chi connectivity index (χ1n) is 6.20. The smallest absolute Gasteiger partial charge is 0.120 e. The van der Waals surface area contributed by atoms with Gasteiger partial charge in [-0.25, -0.2) is 0 Å². The molecular weight excluding hydrogens is 200 g/mol. The van der Waals surface area contributed by atoms with Crippen molar-refractivity contribution in [3.8, 4) is 0 Å². The third kappa shape index (κ3) is 2.66. The molecule has 0 spiro atoms. The van der Waals surface area contributed by atoms with Crippen molar-refractivity contribution in [2.75, 3.05) is 13.1 Å². The van der Waals surface area contributed by atoms with Crippen LogP contribution in [0, 0.1) is 0 Å². The normalized spacial score (nSPS) is 24.1. The molecule has 2 heterocycles. The van der Waals surface area contributed by atoms with Crippen LogP contribution in [0.3, 0.4) is 0 Å². The zero-order valence-corrected chi connectivity index (χ0v) is 10.4. The summed E-state index contributed by atoms with van der Waals surface area (Å²) < 4.78 is 5.40. The summed E-state index contributed by atoms with van der Waals surface area (Å²) in [5, 5.41) is 3.63. The van der Waals surface area contributed by atoms with E-state index in [1.54, 1.807) is 6.26 Å². The summed E-state index contributed by atoms with van der Waals surface area (Å²) in [6.07, 6.45) is 2.98. The van der Waals surface area contributed by atoms with Gasteiger partial charge in [0.2, 0.25) is 0 Å². The quantitative estimate of drug-likeness (QED) is 0.848. The summed E-state index contributed by atoms with van der Waals surface area (Å²) in [7, 11) is 0. The Kier molecular flexibility index (Phi) is 3.66. The summed E-state index contributed by atoms with van der Waals surface area (Å²) in [5.74, 6) is 1.03. The first kappa shape index (κ1) is 11.7. The summed E-state index contributed by atoms with van der Waals surface area (Å²) in [6.45, 7) is 9.05. The molecule has 0 amide bonds. The molecule has 1 N–H and O–H groups in total. The molecule has 0 radical (unpaired) electrons. The highest BCUT2D eigenvalue weighted by Crippen LogP contribution is 2.18. The van der Waals surface area contributed by atoms with Gasteiger partial charge in [-0.15, -0.1) is 0 Å².